The molecule has 6 nitrogen and oxygen atoms in total. The first kappa shape index (κ1) is 22.6. The van der Waals surface area contributed by atoms with Crippen LogP contribution in [0.2, 0.25) is 0 Å². The molecule has 1 aromatic heterocycles. The van der Waals surface area contributed by atoms with Gasteiger partial charge in [0.2, 0.25) is 10.0 Å². The maximum atomic E-state index is 12.9. The Kier molecular flexibility index (Phi) is 6.46. The Hall–Kier alpha value is -2.55. The fourth-order valence-electron chi connectivity index (χ4n) is 3.91. The van der Waals surface area contributed by atoms with E-state index in [1.165, 1.54) is 32.8 Å². The lowest BCUT2D eigenvalue weighted by Gasteiger charge is -2.26. The van der Waals surface area contributed by atoms with E-state index in [2.05, 4.69) is 36.3 Å². The lowest BCUT2D eigenvalue weighted by Crippen LogP contribution is -2.35. The molecule has 3 aromatic rings. The molecule has 32 heavy (non-hydrogen) atoms. The zero-order chi connectivity index (χ0) is 22.9. The first-order valence-corrected chi connectivity index (χ1v) is 13.0. The highest BCUT2D eigenvalue weighted by Gasteiger charge is 2.26. The fraction of sp³-hybridized carbons (Fsp3) is 0.333. The number of aryl methyl sites for hydroxylation is 3. The number of nitrogens with one attached hydrogen (secondary N) is 1. The molecule has 0 radical (unpaired) electrons. The van der Waals surface area contributed by atoms with Crippen LogP contribution in [0.3, 0.4) is 0 Å². The average molecular weight is 470 g/mol. The van der Waals surface area contributed by atoms with E-state index in [1.807, 2.05) is 12.3 Å². The summed E-state index contributed by atoms with van der Waals surface area (Å²) in [6, 6.07) is 10.5. The molecule has 1 saturated heterocycles. The maximum Gasteiger partial charge on any atom is 0.257 e. The Morgan fingerprint density at radius 1 is 1.00 bits per heavy atom. The summed E-state index contributed by atoms with van der Waals surface area (Å²) in [6.07, 6.45) is 2.78. The minimum absolute atomic E-state index is 0.151. The van der Waals surface area contributed by atoms with Gasteiger partial charge in [0.25, 0.3) is 5.91 Å². The summed E-state index contributed by atoms with van der Waals surface area (Å²) in [5.41, 5.74) is 5.70. The van der Waals surface area contributed by atoms with Crippen LogP contribution in [-0.4, -0.2) is 36.7 Å². The normalized spacial score (nSPS) is 15.0. The van der Waals surface area contributed by atoms with Crippen LogP contribution in [0, 0.1) is 20.8 Å². The second kappa shape index (κ2) is 9.13. The van der Waals surface area contributed by atoms with Gasteiger partial charge in [-0.2, -0.15) is 4.31 Å². The van der Waals surface area contributed by atoms with Crippen LogP contribution in [0.4, 0.5) is 5.13 Å². The molecule has 8 heteroatoms. The van der Waals surface area contributed by atoms with E-state index in [0.29, 0.717) is 23.8 Å². The Balaban J connectivity index is 1.53. The average Bonchev–Trinajstić information content (AvgIpc) is 3.25. The molecule has 2 aromatic carbocycles. The number of carbonyl (C=O) groups is 1. The highest BCUT2D eigenvalue weighted by atomic mass is 32.2. The number of aromatic nitrogens is 1. The number of anilines is 1. The van der Waals surface area contributed by atoms with Crippen molar-refractivity contribution in [2.45, 2.75) is 44.9 Å². The van der Waals surface area contributed by atoms with Gasteiger partial charge in [-0.05, 0) is 74.6 Å². The predicted molar refractivity (Wildman–Crippen MR) is 129 cm³/mol. The van der Waals surface area contributed by atoms with Crippen molar-refractivity contribution in [3.63, 3.8) is 0 Å². The van der Waals surface area contributed by atoms with Gasteiger partial charge in [-0.3, -0.25) is 10.1 Å². The quantitative estimate of drug-likeness (QED) is 0.560. The number of benzene rings is 2. The molecule has 0 aliphatic carbocycles. The number of rotatable bonds is 5. The van der Waals surface area contributed by atoms with Crippen molar-refractivity contribution >= 4 is 32.4 Å². The third kappa shape index (κ3) is 4.62. The molecule has 1 fully saturated rings. The zero-order valence-corrected chi connectivity index (χ0v) is 20.1. The predicted octanol–water partition coefficient (Wildman–Crippen LogP) is 5.16. The van der Waals surface area contributed by atoms with Crippen molar-refractivity contribution in [2.24, 2.45) is 0 Å². The molecule has 1 aliphatic heterocycles. The molecule has 0 saturated carbocycles. The van der Waals surface area contributed by atoms with Crippen molar-refractivity contribution in [3.05, 3.63) is 64.0 Å². The van der Waals surface area contributed by atoms with Gasteiger partial charge in [-0.25, -0.2) is 13.4 Å². The van der Waals surface area contributed by atoms with Crippen LogP contribution in [-0.2, 0) is 10.0 Å². The number of thiazole rings is 1. The van der Waals surface area contributed by atoms with Gasteiger partial charge in [-0.1, -0.05) is 18.6 Å². The number of carbonyl (C=O) groups excluding carboxylic acids is 1. The molecule has 1 aliphatic rings. The number of nitrogens with zero attached hydrogens (tertiary/aromatic N) is 2. The van der Waals surface area contributed by atoms with Crippen molar-refractivity contribution < 1.29 is 13.2 Å². The third-order valence-electron chi connectivity index (χ3n) is 5.89. The van der Waals surface area contributed by atoms with Gasteiger partial charge in [0, 0.05) is 29.6 Å². The first-order chi connectivity index (χ1) is 15.3. The van der Waals surface area contributed by atoms with E-state index >= 15 is 0 Å². The summed E-state index contributed by atoms with van der Waals surface area (Å²) < 4.78 is 27.4. The van der Waals surface area contributed by atoms with E-state index in [0.717, 1.165) is 36.1 Å². The summed E-state index contributed by atoms with van der Waals surface area (Å²) in [5.74, 6) is -0.376. The van der Waals surface area contributed by atoms with E-state index in [9.17, 15) is 13.2 Å². The van der Waals surface area contributed by atoms with E-state index in [1.54, 1.807) is 18.2 Å². The molecule has 1 amide bonds. The Morgan fingerprint density at radius 2 is 1.72 bits per heavy atom. The lowest BCUT2D eigenvalue weighted by atomic mass is 9.99. The van der Waals surface area contributed by atoms with Gasteiger partial charge in [0.05, 0.1) is 10.6 Å². The molecule has 0 spiro atoms. The van der Waals surface area contributed by atoms with Crippen molar-refractivity contribution in [1.82, 2.24) is 9.29 Å². The van der Waals surface area contributed by atoms with Gasteiger partial charge in [0.1, 0.15) is 0 Å². The van der Waals surface area contributed by atoms with E-state index in [-0.39, 0.29) is 10.8 Å². The van der Waals surface area contributed by atoms with Gasteiger partial charge < -0.3 is 0 Å². The van der Waals surface area contributed by atoms with Crippen LogP contribution in [0.5, 0.6) is 0 Å². The summed E-state index contributed by atoms with van der Waals surface area (Å²) in [7, 11) is -3.59. The van der Waals surface area contributed by atoms with Crippen LogP contribution >= 0.6 is 11.3 Å². The van der Waals surface area contributed by atoms with Crippen LogP contribution in [0.25, 0.3) is 11.3 Å². The number of amides is 1. The molecule has 0 unspecified atom stereocenters. The number of sulfonamides is 1. The van der Waals surface area contributed by atoms with Crippen LogP contribution in [0.15, 0.2) is 46.7 Å². The number of piperidine rings is 1. The minimum atomic E-state index is -3.59. The highest BCUT2D eigenvalue weighted by molar-refractivity contribution is 7.89. The van der Waals surface area contributed by atoms with Crippen molar-refractivity contribution in [2.75, 3.05) is 18.4 Å². The second-order valence-corrected chi connectivity index (χ2v) is 11.0. The van der Waals surface area contributed by atoms with Crippen molar-refractivity contribution in [3.8, 4) is 11.3 Å². The van der Waals surface area contributed by atoms with Crippen molar-refractivity contribution in [1.29, 1.82) is 0 Å². The Morgan fingerprint density at radius 3 is 2.47 bits per heavy atom. The first-order valence-electron chi connectivity index (χ1n) is 10.7. The fourth-order valence-corrected chi connectivity index (χ4v) is 6.18. The second-order valence-electron chi connectivity index (χ2n) is 8.24. The largest absolute Gasteiger partial charge is 0.298 e. The van der Waals surface area contributed by atoms with E-state index < -0.39 is 10.0 Å². The van der Waals surface area contributed by atoms with E-state index in [4.69, 9.17) is 0 Å². The summed E-state index contributed by atoms with van der Waals surface area (Å²) >= 11 is 1.35. The summed E-state index contributed by atoms with van der Waals surface area (Å²) in [4.78, 5) is 17.6. The molecule has 168 valence electrons. The molecule has 2 heterocycles. The monoisotopic (exact) mass is 469 g/mol. The number of hydrogen-bond donors (Lipinski definition) is 1. The Bertz CT molecular complexity index is 1260. The molecule has 0 bridgehead atoms. The minimum Gasteiger partial charge on any atom is -0.298 e. The molecule has 0 atom stereocenters. The molecular formula is C24H27N3O3S2. The summed E-state index contributed by atoms with van der Waals surface area (Å²) in [6.45, 7) is 7.25. The number of hydrogen-bond acceptors (Lipinski definition) is 5. The SMILES string of the molecule is Cc1cc(C)c(-c2csc(NC(=O)c3cccc(S(=O)(=O)N4CCCCC4)c3)n2)cc1C. The van der Waals surface area contributed by atoms with Gasteiger partial charge >= 0.3 is 0 Å². The summed E-state index contributed by atoms with van der Waals surface area (Å²) in [5, 5.41) is 5.21. The van der Waals surface area contributed by atoms with Gasteiger partial charge in [0.15, 0.2) is 5.13 Å². The molecule has 4 rings (SSSR count). The maximum absolute atomic E-state index is 12.9. The topological polar surface area (TPSA) is 79.4 Å². The van der Waals surface area contributed by atoms with Crippen LogP contribution in [0.1, 0.15) is 46.3 Å². The van der Waals surface area contributed by atoms with Gasteiger partial charge in [-0.15, -0.1) is 11.3 Å². The zero-order valence-electron chi connectivity index (χ0n) is 18.5. The smallest absolute Gasteiger partial charge is 0.257 e. The third-order valence-corrected chi connectivity index (χ3v) is 8.54. The highest BCUT2D eigenvalue weighted by Crippen LogP contribution is 2.30. The van der Waals surface area contributed by atoms with Crippen LogP contribution < -0.4 is 5.32 Å². The molecule has 1 N–H and O–H groups in total. The standard InChI is InChI=1S/C24H27N3O3S2/c1-16-12-18(3)21(13-17(16)2)22-15-31-24(25-22)26-23(28)19-8-7-9-20(14-19)32(29,30)27-10-5-4-6-11-27/h7-9,12-15H,4-6,10-11H2,1-3H3,(H,25,26,28). The lowest BCUT2D eigenvalue weighted by molar-refractivity contribution is 0.102. The molecular weight excluding hydrogens is 442 g/mol. The Labute approximate surface area is 193 Å².